The van der Waals surface area contributed by atoms with Crippen LogP contribution in [-0.2, 0) is 31.6 Å². The third kappa shape index (κ3) is 5.55. The summed E-state index contributed by atoms with van der Waals surface area (Å²) in [6, 6.07) is 0. The van der Waals surface area contributed by atoms with Gasteiger partial charge in [0.15, 0.2) is 11.9 Å². The largest absolute Gasteiger partial charge is 0.490 e. The molecule has 0 radical (unpaired) electrons. The van der Waals surface area contributed by atoms with Crippen LogP contribution >= 0.6 is 23.5 Å². The Morgan fingerprint density at radius 1 is 1.15 bits per heavy atom. The third-order valence-electron chi connectivity index (χ3n) is 4.40. The fourth-order valence-electron chi connectivity index (χ4n) is 3.01. The summed E-state index contributed by atoms with van der Waals surface area (Å²) in [5, 5.41) is 21.0. The van der Waals surface area contributed by atoms with Crippen LogP contribution in [0, 0.1) is 6.92 Å². The van der Waals surface area contributed by atoms with E-state index in [1.807, 2.05) is 0 Å². The Kier molecular flexibility index (Phi) is 6.76. The molecule has 3 heterocycles. The maximum atomic E-state index is 15.4. The highest BCUT2D eigenvalue weighted by molar-refractivity contribution is 7.66. The van der Waals surface area contributed by atoms with E-state index in [2.05, 4.69) is 28.1 Å². The molecule has 0 spiro atoms. The number of halogens is 1. The molecule has 2 aromatic heterocycles. The number of aliphatic hydroxyl groups is 2. The lowest BCUT2D eigenvalue weighted by Gasteiger charge is -2.27. The molecule has 0 aromatic carbocycles. The van der Waals surface area contributed by atoms with Gasteiger partial charge in [-0.2, -0.15) is 8.62 Å². The van der Waals surface area contributed by atoms with E-state index in [9.17, 15) is 28.8 Å². The first-order valence-corrected chi connectivity index (χ1v) is 13.1. The zero-order chi connectivity index (χ0) is 25.0. The first kappa shape index (κ1) is 26.4. The molecule has 0 amide bonds. The summed E-state index contributed by atoms with van der Waals surface area (Å²) >= 11 is 0. The van der Waals surface area contributed by atoms with Gasteiger partial charge in [0.05, 0.1) is 12.0 Å². The third-order valence-corrected chi connectivity index (χ3v) is 8.19. The van der Waals surface area contributed by atoms with Gasteiger partial charge in [0, 0.05) is 0 Å². The van der Waals surface area contributed by atoms with Gasteiger partial charge in [0.1, 0.15) is 30.2 Å². The predicted octanol–water partition coefficient (Wildman–Crippen LogP) is -0.215. The highest BCUT2D eigenvalue weighted by atomic mass is 31.3. The van der Waals surface area contributed by atoms with Crippen LogP contribution in [0.2, 0.25) is 0 Å². The molecule has 186 valence electrons. The summed E-state index contributed by atoms with van der Waals surface area (Å²) in [7, 11) is -17.2. The molecule has 0 aliphatic carbocycles. The minimum Gasteiger partial charge on any atom is -0.384 e. The van der Waals surface area contributed by atoms with Crippen molar-refractivity contribution in [3.05, 3.63) is 18.3 Å². The first-order chi connectivity index (χ1) is 14.9. The van der Waals surface area contributed by atoms with E-state index in [0.717, 1.165) is 24.1 Å². The van der Waals surface area contributed by atoms with Crippen molar-refractivity contribution in [1.82, 2.24) is 19.5 Å². The zero-order valence-corrected chi connectivity index (χ0v) is 19.2. The minimum absolute atomic E-state index is 0.0945. The quantitative estimate of drug-likeness (QED) is 0.238. The Labute approximate surface area is 183 Å². The molecule has 0 bridgehead atoms. The number of hydrogen-bond donors (Lipinski definition) is 6. The van der Waals surface area contributed by atoms with Crippen molar-refractivity contribution in [3.8, 4) is 0 Å². The molecular formula is C12H18FN4O13P3. The number of nitrogens with zero attached hydrogens (tertiary/aromatic N) is 4. The summed E-state index contributed by atoms with van der Waals surface area (Å²) in [5.41, 5.74) is -1.58. The summed E-state index contributed by atoms with van der Waals surface area (Å²) in [4.78, 5) is 47.6. The number of phosphoric ester groups is 1. The average molecular weight is 538 g/mol. The van der Waals surface area contributed by atoms with Crippen molar-refractivity contribution in [2.45, 2.75) is 37.6 Å². The molecular weight excluding hydrogens is 520 g/mol. The predicted molar refractivity (Wildman–Crippen MR) is 100 cm³/mol. The van der Waals surface area contributed by atoms with Gasteiger partial charge in [-0.3, -0.25) is 9.09 Å². The SMILES string of the molecule is Cc1ncnc2c1ncn2[C@@H]1O[C@](F)(COP(=O)(O)OP(=O)(O)OP(=O)(O)O)[C@@H](O)[C@@]1(C)O. The van der Waals surface area contributed by atoms with Crippen molar-refractivity contribution >= 4 is 34.6 Å². The van der Waals surface area contributed by atoms with Crippen molar-refractivity contribution in [2.24, 2.45) is 0 Å². The van der Waals surface area contributed by atoms with Gasteiger partial charge in [-0.05, 0) is 13.8 Å². The first-order valence-electron chi connectivity index (χ1n) is 8.56. The van der Waals surface area contributed by atoms with Gasteiger partial charge in [-0.15, -0.1) is 0 Å². The summed E-state index contributed by atoms with van der Waals surface area (Å²) < 4.78 is 66.6. The second-order valence-electron chi connectivity index (χ2n) is 7.03. The van der Waals surface area contributed by atoms with Crippen LogP contribution in [-0.4, -0.2) is 73.5 Å². The van der Waals surface area contributed by atoms with E-state index in [-0.39, 0.29) is 11.2 Å². The molecule has 2 unspecified atom stereocenters. The molecule has 0 saturated carbocycles. The van der Waals surface area contributed by atoms with Crippen LogP contribution in [0.1, 0.15) is 18.8 Å². The molecule has 1 saturated heterocycles. The van der Waals surface area contributed by atoms with Crippen LogP contribution in [0.5, 0.6) is 0 Å². The van der Waals surface area contributed by atoms with E-state index in [4.69, 9.17) is 19.4 Å². The molecule has 1 aliphatic heterocycles. The van der Waals surface area contributed by atoms with Gasteiger partial charge < -0.3 is 34.5 Å². The van der Waals surface area contributed by atoms with E-state index in [1.54, 1.807) is 6.92 Å². The van der Waals surface area contributed by atoms with E-state index in [0.29, 0.717) is 5.69 Å². The number of alkyl halides is 1. The van der Waals surface area contributed by atoms with E-state index >= 15 is 4.39 Å². The lowest BCUT2D eigenvalue weighted by Crippen LogP contribution is -2.49. The average Bonchev–Trinajstić information content (AvgIpc) is 3.12. The van der Waals surface area contributed by atoms with E-state index < -0.39 is 53.9 Å². The fourth-order valence-corrected chi connectivity index (χ4v) is 6.04. The standard InChI is InChI=1S/C12H18FN4O13P3/c1-6-7-8(15-4-14-6)17(5-16-7)10-11(2,19)9(18)12(13,28-10)3-27-32(23,24)30-33(25,26)29-31(20,21)22/h4-5,9-10,18-19H,3H2,1-2H3,(H,23,24)(H,25,26)(H2,20,21,22)/t9-,10+,11+,12+/m0/s1. The Bertz CT molecular complexity index is 1200. The monoisotopic (exact) mass is 538 g/mol. The number of hydrogen-bond acceptors (Lipinski definition) is 12. The number of rotatable bonds is 8. The summed E-state index contributed by atoms with van der Waals surface area (Å²) in [5.74, 6) is -3.39. The van der Waals surface area contributed by atoms with Crippen LogP contribution < -0.4 is 0 Å². The molecule has 17 nitrogen and oxygen atoms in total. The van der Waals surface area contributed by atoms with Crippen molar-refractivity contribution in [2.75, 3.05) is 6.61 Å². The number of aryl methyl sites for hydroxylation is 1. The number of phosphoric acid groups is 3. The number of fused-ring (bicyclic) bond motifs is 1. The Hall–Kier alpha value is -1.23. The van der Waals surface area contributed by atoms with Crippen LogP contribution in [0.25, 0.3) is 11.2 Å². The molecule has 6 N–H and O–H groups in total. The second-order valence-corrected chi connectivity index (χ2v) is 11.5. The van der Waals surface area contributed by atoms with Crippen LogP contribution in [0.4, 0.5) is 4.39 Å². The minimum atomic E-state index is -5.85. The van der Waals surface area contributed by atoms with Gasteiger partial charge in [-0.25, -0.2) is 33.0 Å². The smallest absolute Gasteiger partial charge is 0.384 e. The molecule has 3 rings (SSSR count). The van der Waals surface area contributed by atoms with Crippen LogP contribution in [0.15, 0.2) is 12.7 Å². The van der Waals surface area contributed by atoms with Crippen LogP contribution in [0.3, 0.4) is 0 Å². The highest BCUT2D eigenvalue weighted by Crippen LogP contribution is 2.66. The summed E-state index contributed by atoms with van der Waals surface area (Å²) in [6.45, 7) is 0.936. The van der Waals surface area contributed by atoms with Gasteiger partial charge in [-0.1, -0.05) is 0 Å². The molecule has 1 aliphatic rings. The Morgan fingerprint density at radius 2 is 1.79 bits per heavy atom. The maximum Gasteiger partial charge on any atom is 0.490 e. The molecule has 2 aromatic rings. The normalized spacial score (nSPS) is 32.0. The van der Waals surface area contributed by atoms with Crippen molar-refractivity contribution in [3.63, 3.8) is 0 Å². The van der Waals surface area contributed by atoms with Crippen molar-refractivity contribution in [1.29, 1.82) is 0 Å². The van der Waals surface area contributed by atoms with Crippen molar-refractivity contribution < 1.29 is 65.8 Å². The Balaban J connectivity index is 1.81. The second kappa shape index (κ2) is 8.46. The van der Waals surface area contributed by atoms with Gasteiger partial charge >= 0.3 is 23.5 Å². The van der Waals surface area contributed by atoms with E-state index in [1.165, 1.54) is 0 Å². The molecule has 33 heavy (non-hydrogen) atoms. The number of aliphatic hydroxyl groups excluding tert-OH is 1. The maximum absolute atomic E-state index is 15.4. The topological polar surface area (TPSA) is 253 Å². The van der Waals surface area contributed by atoms with Gasteiger partial charge in [0.2, 0.25) is 0 Å². The number of ether oxygens (including phenoxy) is 1. The molecule has 6 atom stereocenters. The highest BCUT2D eigenvalue weighted by Gasteiger charge is 2.64. The lowest BCUT2D eigenvalue weighted by molar-refractivity contribution is -0.203. The molecule has 21 heteroatoms. The molecule has 1 fully saturated rings. The fraction of sp³-hybridized carbons (Fsp3) is 0.583. The zero-order valence-electron chi connectivity index (χ0n) is 16.6. The lowest BCUT2D eigenvalue weighted by atomic mass is 9.95. The number of imidazole rings is 1. The number of aromatic nitrogens is 4. The van der Waals surface area contributed by atoms with Gasteiger partial charge in [0.25, 0.3) is 5.85 Å². The summed E-state index contributed by atoms with van der Waals surface area (Å²) in [6.07, 6.45) is -1.83. The Morgan fingerprint density at radius 3 is 2.39 bits per heavy atom.